The molecule has 1 rings (SSSR count). The van der Waals surface area contributed by atoms with Gasteiger partial charge in [0, 0.05) is 0 Å². The zero-order valence-corrected chi connectivity index (χ0v) is 6.62. The van der Waals surface area contributed by atoms with E-state index >= 15 is 0 Å². The van der Waals surface area contributed by atoms with Gasteiger partial charge >= 0.3 is 0 Å². The molecule has 1 aromatic heterocycles. The van der Waals surface area contributed by atoms with Crippen molar-refractivity contribution < 1.29 is 0 Å². The highest BCUT2D eigenvalue weighted by Gasteiger charge is 1.89. The summed E-state index contributed by atoms with van der Waals surface area (Å²) < 4.78 is 4.42. The maximum atomic E-state index is 4.73. The Morgan fingerprint density at radius 1 is 1.88 bits per heavy atom. The highest BCUT2D eigenvalue weighted by Crippen LogP contribution is 2.13. The SMILES string of the molecule is CSc1nc(=S)[nH]s1. The molecule has 0 saturated heterocycles. The number of aromatic amines is 1. The summed E-state index contributed by atoms with van der Waals surface area (Å²) in [5.41, 5.74) is 0. The van der Waals surface area contributed by atoms with Crippen LogP contribution in [0.1, 0.15) is 0 Å². The lowest BCUT2D eigenvalue weighted by Crippen LogP contribution is -1.61. The Bertz CT molecular complexity index is 212. The quantitative estimate of drug-likeness (QED) is 0.508. The van der Waals surface area contributed by atoms with E-state index in [1.807, 2.05) is 6.26 Å². The topological polar surface area (TPSA) is 28.7 Å². The Balaban J connectivity index is 3.01. The molecule has 1 aromatic rings. The van der Waals surface area contributed by atoms with Gasteiger partial charge in [0.2, 0.25) is 4.77 Å². The molecule has 0 atom stereocenters. The average molecular weight is 164 g/mol. The third-order valence-corrected chi connectivity index (χ3v) is 2.67. The van der Waals surface area contributed by atoms with Crippen molar-refractivity contribution in [1.82, 2.24) is 9.36 Å². The summed E-state index contributed by atoms with van der Waals surface area (Å²) in [4.78, 5) is 3.97. The van der Waals surface area contributed by atoms with Gasteiger partial charge in [-0.15, -0.1) is 0 Å². The van der Waals surface area contributed by atoms with Crippen molar-refractivity contribution in [3.63, 3.8) is 0 Å². The van der Waals surface area contributed by atoms with Crippen LogP contribution in [0.3, 0.4) is 0 Å². The number of thioether (sulfide) groups is 1. The lowest BCUT2D eigenvalue weighted by molar-refractivity contribution is 1.19. The molecule has 0 amide bonds. The number of hydrogen-bond donors (Lipinski definition) is 1. The smallest absolute Gasteiger partial charge is 0.208 e. The van der Waals surface area contributed by atoms with Crippen molar-refractivity contribution in [2.45, 2.75) is 4.34 Å². The largest absolute Gasteiger partial charge is 0.284 e. The van der Waals surface area contributed by atoms with Crippen LogP contribution in [0.5, 0.6) is 0 Å². The fraction of sp³-hybridized carbons (Fsp3) is 0.333. The van der Waals surface area contributed by atoms with Gasteiger partial charge in [0.15, 0.2) is 4.34 Å². The third kappa shape index (κ3) is 1.30. The predicted molar refractivity (Wildman–Crippen MR) is 39.1 cm³/mol. The summed E-state index contributed by atoms with van der Waals surface area (Å²) in [6, 6.07) is 0. The molecule has 0 bridgehead atoms. The first kappa shape index (κ1) is 6.25. The Labute approximate surface area is 60.5 Å². The number of rotatable bonds is 1. The molecular formula is C3H4N2S3. The van der Waals surface area contributed by atoms with Gasteiger partial charge in [0.05, 0.1) is 0 Å². The van der Waals surface area contributed by atoms with E-state index in [2.05, 4.69) is 9.36 Å². The van der Waals surface area contributed by atoms with Crippen LogP contribution in [0, 0.1) is 4.77 Å². The lowest BCUT2D eigenvalue weighted by atomic mass is 11.3. The van der Waals surface area contributed by atoms with Crippen LogP contribution in [0.25, 0.3) is 0 Å². The Hall–Kier alpha value is 0.130. The summed E-state index contributed by atoms with van der Waals surface area (Å²) in [5.74, 6) is 0. The van der Waals surface area contributed by atoms with E-state index in [0.717, 1.165) is 4.34 Å². The van der Waals surface area contributed by atoms with Crippen LogP contribution in [0.4, 0.5) is 0 Å². The first-order chi connectivity index (χ1) is 3.83. The monoisotopic (exact) mass is 164 g/mol. The van der Waals surface area contributed by atoms with Crippen LogP contribution in [0.15, 0.2) is 4.34 Å². The van der Waals surface area contributed by atoms with Gasteiger partial charge in [-0.3, -0.25) is 4.37 Å². The molecule has 0 unspecified atom stereocenters. The second kappa shape index (κ2) is 2.61. The van der Waals surface area contributed by atoms with Gasteiger partial charge < -0.3 is 0 Å². The first-order valence-corrected chi connectivity index (χ1v) is 4.37. The van der Waals surface area contributed by atoms with Crippen molar-refractivity contribution in [3.05, 3.63) is 4.77 Å². The van der Waals surface area contributed by atoms with Crippen molar-refractivity contribution in [2.75, 3.05) is 6.26 Å². The van der Waals surface area contributed by atoms with E-state index < -0.39 is 0 Å². The van der Waals surface area contributed by atoms with Gasteiger partial charge in [0.25, 0.3) is 0 Å². The van der Waals surface area contributed by atoms with Gasteiger partial charge in [0.1, 0.15) is 0 Å². The van der Waals surface area contributed by atoms with Crippen LogP contribution in [-0.4, -0.2) is 15.6 Å². The van der Waals surface area contributed by atoms with E-state index in [4.69, 9.17) is 12.2 Å². The second-order valence-electron chi connectivity index (χ2n) is 1.09. The fourth-order valence-electron chi connectivity index (χ4n) is 0.303. The maximum absolute atomic E-state index is 4.73. The molecule has 2 nitrogen and oxygen atoms in total. The average Bonchev–Trinajstić information content (AvgIpc) is 2.14. The minimum atomic E-state index is 0.583. The van der Waals surface area contributed by atoms with E-state index in [-0.39, 0.29) is 0 Å². The van der Waals surface area contributed by atoms with Gasteiger partial charge in [-0.1, -0.05) is 11.8 Å². The molecular weight excluding hydrogens is 160 g/mol. The molecule has 44 valence electrons. The molecule has 1 heterocycles. The van der Waals surface area contributed by atoms with Crippen molar-refractivity contribution in [3.8, 4) is 0 Å². The highest BCUT2D eigenvalue weighted by atomic mass is 32.2. The number of nitrogens with zero attached hydrogens (tertiary/aromatic N) is 1. The van der Waals surface area contributed by atoms with E-state index in [9.17, 15) is 0 Å². The molecule has 8 heavy (non-hydrogen) atoms. The molecule has 0 aliphatic heterocycles. The molecule has 0 aromatic carbocycles. The third-order valence-electron chi connectivity index (χ3n) is 0.593. The Kier molecular flexibility index (Phi) is 2.04. The van der Waals surface area contributed by atoms with Crippen molar-refractivity contribution in [2.24, 2.45) is 0 Å². The minimum Gasteiger partial charge on any atom is -0.284 e. The summed E-state index contributed by atoms with van der Waals surface area (Å²) in [7, 11) is 0. The van der Waals surface area contributed by atoms with E-state index in [1.54, 1.807) is 11.8 Å². The van der Waals surface area contributed by atoms with Gasteiger partial charge in [-0.05, 0) is 30.0 Å². The number of nitrogens with one attached hydrogen (secondary N) is 1. The zero-order valence-electron chi connectivity index (χ0n) is 4.17. The maximum Gasteiger partial charge on any atom is 0.208 e. The van der Waals surface area contributed by atoms with E-state index in [0.29, 0.717) is 4.77 Å². The number of aromatic nitrogens is 2. The molecule has 0 fully saturated rings. The van der Waals surface area contributed by atoms with Crippen molar-refractivity contribution >= 4 is 35.5 Å². The Morgan fingerprint density at radius 3 is 2.88 bits per heavy atom. The number of H-pyrrole nitrogens is 1. The van der Waals surface area contributed by atoms with Crippen LogP contribution >= 0.6 is 35.5 Å². The first-order valence-electron chi connectivity index (χ1n) is 1.92. The van der Waals surface area contributed by atoms with Crippen molar-refractivity contribution in [1.29, 1.82) is 0 Å². The number of hydrogen-bond acceptors (Lipinski definition) is 4. The zero-order chi connectivity index (χ0) is 5.98. The molecule has 5 heteroatoms. The standard InChI is InChI=1S/C3H4N2S3/c1-7-3-4-2(6)5-8-3/h1H3,(H,5,6). The lowest BCUT2D eigenvalue weighted by Gasteiger charge is -1.75. The molecule has 0 aliphatic carbocycles. The fourth-order valence-corrected chi connectivity index (χ4v) is 1.63. The normalized spacial score (nSPS) is 9.62. The minimum absolute atomic E-state index is 0.583. The van der Waals surface area contributed by atoms with E-state index in [1.165, 1.54) is 11.5 Å². The highest BCUT2D eigenvalue weighted by molar-refractivity contribution is 8.00. The second-order valence-corrected chi connectivity index (χ2v) is 3.33. The van der Waals surface area contributed by atoms with Crippen LogP contribution < -0.4 is 0 Å². The predicted octanol–water partition coefficient (Wildman–Crippen LogP) is 1.92. The molecule has 0 saturated carbocycles. The summed E-state index contributed by atoms with van der Waals surface area (Å²) in [6.07, 6.45) is 1.97. The van der Waals surface area contributed by atoms with Crippen LogP contribution in [-0.2, 0) is 0 Å². The van der Waals surface area contributed by atoms with Gasteiger partial charge in [-0.25, -0.2) is 4.98 Å². The summed E-state index contributed by atoms with van der Waals surface area (Å²) in [5, 5.41) is 0. The summed E-state index contributed by atoms with van der Waals surface area (Å²) in [6.45, 7) is 0. The molecule has 1 N–H and O–H groups in total. The van der Waals surface area contributed by atoms with Gasteiger partial charge in [-0.2, -0.15) is 0 Å². The van der Waals surface area contributed by atoms with Crippen LogP contribution in [0.2, 0.25) is 0 Å². The molecule has 0 aliphatic rings. The summed E-state index contributed by atoms with van der Waals surface area (Å²) >= 11 is 7.80. The molecule has 0 radical (unpaired) electrons. The molecule has 0 spiro atoms. The Morgan fingerprint density at radius 2 is 2.62 bits per heavy atom.